The van der Waals surface area contributed by atoms with Gasteiger partial charge >= 0.3 is 5.97 Å². The van der Waals surface area contributed by atoms with Crippen molar-refractivity contribution in [3.8, 4) is 0 Å². The molecule has 0 N–H and O–H groups in total. The van der Waals surface area contributed by atoms with E-state index in [1.165, 1.54) is 12.0 Å². The fourth-order valence-corrected chi connectivity index (χ4v) is 3.13. The molecule has 5 nitrogen and oxygen atoms in total. The lowest BCUT2D eigenvalue weighted by atomic mass is 10.00. The van der Waals surface area contributed by atoms with Crippen LogP contribution in [0.15, 0.2) is 12.1 Å². The average Bonchev–Trinajstić information content (AvgIpc) is 2.53. The van der Waals surface area contributed by atoms with Crippen molar-refractivity contribution in [2.75, 3.05) is 24.3 Å². The molecule has 0 aromatic heterocycles. The van der Waals surface area contributed by atoms with Crippen molar-refractivity contribution in [2.24, 2.45) is 5.41 Å². The summed E-state index contributed by atoms with van der Waals surface area (Å²) >= 11 is 7.13. The van der Waals surface area contributed by atoms with Crippen LogP contribution in [0, 0.1) is 19.3 Å². The first kappa shape index (κ1) is 21.5. The van der Waals surface area contributed by atoms with Crippen LogP contribution in [0.5, 0.6) is 0 Å². The summed E-state index contributed by atoms with van der Waals surface area (Å²) in [5.74, 6) is -0.945. The monoisotopic (exact) mass is 385 g/mol. The second kappa shape index (κ2) is 8.72. The number of thioether (sulfide) groups is 1. The van der Waals surface area contributed by atoms with Crippen molar-refractivity contribution in [1.29, 1.82) is 0 Å². The molecule has 138 valence electrons. The van der Waals surface area contributed by atoms with Crippen molar-refractivity contribution in [1.82, 2.24) is 0 Å². The number of carbonyl (C=O) groups is 3. The lowest BCUT2D eigenvalue weighted by Gasteiger charge is -2.26. The Morgan fingerprint density at radius 2 is 1.80 bits per heavy atom. The van der Waals surface area contributed by atoms with Gasteiger partial charge in [-0.3, -0.25) is 19.3 Å². The number of halogens is 1. The van der Waals surface area contributed by atoms with Gasteiger partial charge in [-0.1, -0.05) is 50.2 Å². The van der Waals surface area contributed by atoms with Gasteiger partial charge in [0.05, 0.1) is 18.6 Å². The molecule has 1 aromatic carbocycles. The van der Waals surface area contributed by atoms with Crippen molar-refractivity contribution in [3.63, 3.8) is 0 Å². The summed E-state index contributed by atoms with van der Waals surface area (Å²) < 4.78 is 4.70. The Morgan fingerprint density at radius 1 is 1.20 bits per heavy atom. The van der Waals surface area contributed by atoms with Gasteiger partial charge in [0.1, 0.15) is 6.54 Å². The van der Waals surface area contributed by atoms with Gasteiger partial charge in [0.25, 0.3) is 0 Å². The fraction of sp³-hybridized carbons (Fsp3) is 0.500. The number of rotatable bonds is 5. The smallest absolute Gasteiger partial charge is 0.325 e. The third-order valence-corrected chi connectivity index (χ3v) is 5.27. The van der Waals surface area contributed by atoms with Crippen LogP contribution in [0.1, 0.15) is 31.9 Å². The fourth-order valence-electron chi connectivity index (χ4n) is 2.13. The third kappa shape index (κ3) is 5.75. The average molecular weight is 386 g/mol. The molecule has 0 unspecified atom stereocenters. The van der Waals surface area contributed by atoms with E-state index in [1.807, 2.05) is 6.92 Å². The van der Waals surface area contributed by atoms with Crippen molar-refractivity contribution in [3.05, 3.63) is 28.3 Å². The van der Waals surface area contributed by atoms with Crippen LogP contribution in [0.4, 0.5) is 5.69 Å². The first-order chi connectivity index (χ1) is 11.5. The second-order valence-corrected chi connectivity index (χ2v) is 8.08. The number of esters is 1. The van der Waals surface area contributed by atoms with Crippen LogP contribution < -0.4 is 4.90 Å². The van der Waals surface area contributed by atoms with E-state index in [0.29, 0.717) is 16.3 Å². The number of amides is 1. The zero-order valence-electron chi connectivity index (χ0n) is 15.4. The van der Waals surface area contributed by atoms with E-state index in [4.69, 9.17) is 16.3 Å². The summed E-state index contributed by atoms with van der Waals surface area (Å²) in [6.45, 7) is 8.78. The van der Waals surface area contributed by atoms with E-state index in [1.54, 1.807) is 39.8 Å². The number of methoxy groups -OCH3 is 1. The Kier molecular flexibility index (Phi) is 7.50. The van der Waals surface area contributed by atoms with Crippen LogP contribution >= 0.6 is 23.4 Å². The highest BCUT2D eigenvalue weighted by Crippen LogP contribution is 2.31. The molecular formula is C18H24ClNO4S. The number of anilines is 1. The molecule has 0 fully saturated rings. The highest BCUT2D eigenvalue weighted by atomic mass is 35.5. The van der Waals surface area contributed by atoms with Crippen molar-refractivity contribution < 1.29 is 19.1 Å². The summed E-state index contributed by atoms with van der Waals surface area (Å²) in [5, 5.41) is 0.417. The molecule has 1 aromatic rings. The van der Waals surface area contributed by atoms with Gasteiger partial charge in [-0.15, -0.1) is 0 Å². The molecule has 7 heteroatoms. The quantitative estimate of drug-likeness (QED) is 0.722. The van der Waals surface area contributed by atoms with Crippen LogP contribution in [0.2, 0.25) is 5.02 Å². The Labute approximate surface area is 158 Å². The first-order valence-electron chi connectivity index (χ1n) is 7.79. The molecule has 0 aliphatic heterocycles. The lowest BCUT2D eigenvalue weighted by molar-refractivity contribution is -0.139. The van der Waals surface area contributed by atoms with Crippen LogP contribution in [-0.2, 0) is 19.1 Å². The molecule has 0 atom stereocenters. The van der Waals surface area contributed by atoms with Crippen LogP contribution in [0.25, 0.3) is 0 Å². The second-order valence-electron chi connectivity index (χ2n) is 6.72. The highest BCUT2D eigenvalue weighted by molar-refractivity contribution is 8.14. The highest BCUT2D eigenvalue weighted by Gasteiger charge is 2.27. The van der Waals surface area contributed by atoms with E-state index < -0.39 is 11.4 Å². The summed E-state index contributed by atoms with van der Waals surface area (Å²) in [5.41, 5.74) is 1.55. The Hall–Kier alpha value is -1.53. The van der Waals surface area contributed by atoms with E-state index in [-0.39, 0.29) is 23.3 Å². The molecule has 0 aliphatic carbocycles. The number of nitrogens with zero attached hydrogens (tertiary/aromatic N) is 1. The minimum atomic E-state index is -0.542. The number of aryl methyl sites for hydroxylation is 1. The zero-order valence-corrected chi connectivity index (χ0v) is 17.0. The largest absolute Gasteiger partial charge is 0.468 e. The van der Waals surface area contributed by atoms with Gasteiger partial charge in [0.2, 0.25) is 5.91 Å². The maximum Gasteiger partial charge on any atom is 0.325 e. The number of hydrogen-bond donors (Lipinski definition) is 0. The van der Waals surface area contributed by atoms with E-state index in [0.717, 1.165) is 17.3 Å². The molecule has 0 aliphatic rings. The Morgan fingerprint density at radius 3 is 2.32 bits per heavy atom. The Bertz CT molecular complexity index is 682. The summed E-state index contributed by atoms with van der Waals surface area (Å²) in [6, 6.07) is 3.53. The minimum absolute atomic E-state index is 0.0571. The molecule has 0 saturated carbocycles. The van der Waals surface area contributed by atoms with Gasteiger partial charge in [-0.25, -0.2) is 0 Å². The molecule has 0 heterocycles. The predicted octanol–water partition coefficient (Wildman–Crippen LogP) is 3.77. The van der Waals surface area contributed by atoms with Gasteiger partial charge < -0.3 is 4.74 Å². The first-order valence-corrected chi connectivity index (χ1v) is 9.15. The van der Waals surface area contributed by atoms with Gasteiger partial charge in [-0.05, 0) is 31.0 Å². The summed E-state index contributed by atoms with van der Waals surface area (Å²) in [6.07, 6.45) is 0. The maximum atomic E-state index is 12.7. The third-order valence-electron chi connectivity index (χ3n) is 3.59. The zero-order chi connectivity index (χ0) is 19.4. The van der Waals surface area contributed by atoms with E-state index >= 15 is 0 Å². The molecule has 0 spiro atoms. The van der Waals surface area contributed by atoms with Crippen LogP contribution in [0.3, 0.4) is 0 Å². The van der Waals surface area contributed by atoms with E-state index in [2.05, 4.69) is 0 Å². The molecule has 0 bridgehead atoms. The van der Waals surface area contributed by atoms with Gasteiger partial charge in [0.15, 0.2) is 5.12 Å². The maximum absolute atomic E-state index is 12.7. The van der Waals surface area contributed by atoms with Crippen molar-refractivity contribution >= 4 is 46.0 Å². The van der Waals surface area contributed by atoms with Gasteiger partial charge in [-0.2, -0.15) is 0 Å². The number of carbonyl (C=O) groups excluding carboxylic acids is 3. The summed E-state index contributed by atoms with van der Waals surface area (Å²) in [7, 11) is 1.26. The van der Waals surface area contributed by atoms with Crippen LogP contribution in [-0.4, -0.2) is 36.4 Å². The predicted molar refractivity (Wildman–Crippen MR) is 102 cm³/mol. The number of hydrogen-bond acceptors (Lipinski definition) is 5. The molecular weight excluding hydrogens is 362 g/mol. The summed E-state index contributed by atoms with van der Waals surface area (Å²) in [4.78, 5) is 37.9. The topological polar surface area (TPSA) is 63.7 Å². The standard InChI is InChI=1S/C18H24ClNO4S/c1-11-7-8-13(19)12(2)16(11)20(9-15(22)24-6)14(21)10-25-17(23)18(3,4)5/h7-8H,9-10H2,1-6H3. The van der Waals surface area contributed by atoms with E-state index in [9.17, 15) is 14.4 Å². The van der Waals surface area contributed by atoms with Gasteiger partial charge in [0, 0.05) is 10.4 Å². The normalized spacial score (nSPS) is 11.2. The SMILES string of the molecule is COC(=O)CN(C(=O)CSC(=O)C(C)(C)C)c1c(C)ccc(Cl)c1C. The molecule has 0 saturated heterocycles. The number of benzene rings is 1. The molecule has 0 radical (unpaired) electrons. The molecule has 1 rings (SSSR count). The minimum Gasteiger partial charge on any atom is -0.468 e. The molecule has 1 amide bonds. The Balaban J connectivity index is 3.14. The number of ether oxygens (including phenoxy) is 1. The van der Waals surface area contributed by atoms with Crippen molar-refractivity contribution in [2.45, 2.75) is 34.6 Å². The molecule has 25 heavy (non-hydrogen) atoms. The lowest BCUT2D eigenvalue weighted by Crippen LogP contribution is -2.39.